The fourth-order valence-corrected chi connectivity index (χ4v) is 2.20. The molecule has 0 saturated heterocycles. The normalized spacial score (nSPS) is 12.3. The zero-order chi connectivity index (χ0) is 13.3. The van der Waals surface area contributed by atoms with E-state index < -0.39 is 11.7 Å². The van der Waals surface area contributed by atoms with E-state index in [9.17, 15) is 13.2 Å². The van der Waals surface area contributed by atoms with Gasteiger partial charge in [0.05, 0.1) is 5.56 Å². The minimum absolute atomic E-state index is 0.0115. The molecule has 0 aliphatic heterocycles. The highest BCUT2D eigenvalue weighted by molar-refractivity contribution is 5.82. The van der Waals surface area contributed by atoms with Crippen molar-refractivity contribution in [2.45, 2.75) is 26.1 Å². The smallest absolute Gasteiger partial charge is 0.396 e. The topological polar surface area (TPSA) is 25.2 Å². The number of halogens is 3. The molecular formula is C13H14F3NO. The maximum atomic E-state index is 12.6. The Balaban J connectivity index is 2.58. The van der Waals surface area contributed by atoms with Gasteiger partial charge in [-0.05, 0) is 31.2 Å². The average molecular weight is 257 g/mol. The SMILES string of the molecule is CCn1c(CCO)cc2cc(C(F)(F)F)ccc21. The van der Waals surface area contributed by atoms with Gasteiger partial charge in [-0.15, -0.1) is 0 Å². The van der Waals surface area contributed by atoms with Crippen LogP contribution in [0.15, 0.2) is 24.3 Å². The lowest BCUT2D eigenvalue weighted by molar-refractivity contribution is -0.137. The molecule has 0 spiro atoms. The number of benzene rings is 1. The van der Waals surface area contributed by atoms with Gasteiger partial charge in [0.2, 0.25) is 0 Å². The molecule has 1 N–H and O–H groups in total. The fraction of sp³-hybridized carbons (Fsp3) is 0.385. The highest BCUT2D eigenvalue weighted by Gasteiger charge is 2.30. The van der Waals surface area contributed by atoms with Crippen LogP contribution in [-0.4, -0.2) is 16.3 Å². The molecular weight excluding hydrogens is 243 g/mol. The fourth-order valence-electron chi connectivity index (χ4n) is 2.20. The zero-order valence-electron chi connectivity index (χ0n) is 9.96. The summed E-state index contributed by atoms with van der Waals surface area (Å²) in [4.78, 5) is 0. The third kappa shape index (κ3) is 2.22. The Labute approximate surface area is 103 Å². The molecule has 1 aromatic carbocycles. The van der Waals surface area contributed by atoms with E-state index in [0.29, 0.717) is 18.4 Å². The number of aliphatic hydroxyl groups is 1. The third-order valence-electron chi connectivity index (χ3n) is 3.00. The van der Waals surface area contributed by atoms with Crippen molar-refractivity contribution in [2.24, 2.45) is 0 Å². The van der Waals surface area contributed by atoms with E-state index in [1.807, 2.05) is 11.5 Å². The highest BCUT2D eigenvalue weighted by atomic mass is 19.4. The Kier molecular flexibility index (Phi) is 3.34. The number of hydrogen-bond acceptors (Lipinski definition) is 1. The summed E-state index contributed by atoms with van der Waals surface area (Å²) in [6.07, 6.45) is -3.87. The predicted molar refractivity (Wildman–Crippen MR) is 63.4 cm³/mol. The first-order chi connectivity index (χ1) is 8.47. The minimum atomic E-state index is -4.32. The van der Waals surface area contributed by atoms with Gasteiger partial charge in [-0.2, -0.15) is 13.2 Å². The van der Waals surface area contributed by atoms with Crippen molar-refractivity contribution in [3.8, 4) is 0 Å². The van der Waals surface area contributed by atoms with E-state index in [0.717, 1.165) is 23.3 Å². The number of alkyl halides is 3. The first kappa shape index (κ1) is 13.0. The summed E-state index contributed by atoms with van der Waals surface area (Å²) in [5, 5.41) is 9.52. The van der Waals surface area contributed by atoms with Crippen LogP contribution < -0.4 is 0 Å². The molecule has 0 bridgehead atoms. The van der Waals surface area contributed by atoms with Crippen molar-refractivity contribution >= 4 is 10.9 Å². The van der Waals surface area contributed by atoms with E-state index in [4.69, 9.17) is 5.11 Å². The summed E-state index contributed by atoms with van der Waals surface area (Å²) in [6, 6.07) is 5.45. The van der Waals surface area contributed by atoms with Gasteiger partial charge in [0.1, 0.15) is 0 Å². The van der Waals surface area contributed by atoms with Crippen LogP contribution in [0.5, 0.6) is 0 Å². The molecule has 0 fully saturated rings. The summed E-state index contributed by atoms with van der Waals surface area (Å²) in [5.41, 5.74) is 0.988. The van der Waals surface area contributed by atoms with Crippen molar-refractivity contribution in [3.05, 3.63) is 35.5 Å². The van der Waals surface area contributed by atoms with Crippen LogP contribution in [0.1, 0.15) is 18.2 Å². The van der Waals surface area contributed by atoms with Crippen LogP contribution in [0.3, 0.4) is 0 Å². The summed E-state index contributed by atoms with van der Waals surface area (Å²) >= 11 is 0. The molecule has 18 heavy (non-hydrogen) atoms. The molecule has 1 aromatic heterocycles. The molecule has 0 radical (unpaired) electrons. The lowest BCUT2D eigenvalue weighted by Crippen LogP contribution is -2.05. The Morgan fingerprint density at radius 3 is 2.50 bits per heavy atom. The van der Waals surface area contributed by atoms with Crippen LogP contribution in [0.25, 0.3) is 10.9 Å². The average Bonchev–Trinajstić information content (AvgIpc) is 2.64. The number of aromatic nitrogens is 1. The van der Waals surface area contributed by atoms with Crippen molar-refractivity contribution < 1.29 is 18.3 Å². The lowest BCUT2D eigenvalue weighted by Gasteiger charge is -2.08. The Morgan fingerprint density at radius 2 is 1.94 bits per heavy atom. The molecule has 5 heteroatoms. The Bertz CT molecular complexity index is 557. The van der Waals surface area contributed by atoms with Crippen molar-refractivity contribution in [1.82, 2.24) is 4.57 Å². The zero-order valence-corrected chi connectivity index (χ0v) is 9.96. The number of aryl methyl sites for hydroxylation is 1. The molecule has 0 unspecified atom stereocenters. The maximum Gasteiger partial charge on any atom is 0.416 e. The molecule has 2 nitrogen and oxygen atoms in total. The second kappa shape index (κ2) is 4.65. The molecule has 2 aromatic rings. The second-order valence-electron chi connectivity index (χ2n) is 4.12. The van der Waals surface area contributed by atoms with Gasteiger partial charge in [0, 0.05) is 36.2 Å². The first-order valence-electron chi connectivity index (χ1n) is 5.77. The van der Waals surface area contributed by atoms with Gasteiger partial charge in [-0.25, -0.2) is 0 Å². The monoisotopic (exact) mass is 257 g/mol. The summed E-state index contributed by atoms with van der Waals surface area (Å²) in [6.45, 7) is 2.59. The van der Waals surface area contributed by atoms with Crippen LogP contribution in [0.2, 0.25) is 0 Å². The van der Waals surface area contributed by atoms with Gasteiger partial charge >= 0.3 is 6.18 Å². The van der Waals surface area contributed by atoms with Crippen LogP contribution >= 0.6 is 0 Å². The van der Waals surface area contributed by atoms with E-state index in [2.05, 4.69) is 0 Å². The number of fused-ring (bicyclic) bond motifs is 1. The van der Waals surface area contributed by atoms with Gasteiger partial charge in [0.15, 0.2) is 0 Å². The third-order valence-corrected chi connectivity index (χ3v) is 3.00. The molecule has 1 heterocycles. The quantitative estimate of drug-likeness (QED) is 0.897. The Morgan fingerprint density at radius 1 is 1.22 bits per heavy atom. The lowest BCUT2D eigenvalue weighted by atomic mass is 10.1. The number of hydrogen-bond donors (Lipinski definition) is 1. The van der Waals surface area contributed by atoms with Crippen molar-refractivity contribution in [1.29, 1.82) is 0 Å². The Hall–Kier alpha value is -1.49. The summed E-state index contributed by atoms with van der Waals surface area (Å²) in [5.74, 6) is 0. The molecule has 0 aliphatic rings. The summed E-state index contributed by atoms with van der Waals surface area (Å²) < 4.78 is 39.7. The number of nitrogens with zero attached hydrogens (tertiary/aromatic N) is 1. The molecule has 0 amide bonds. The predicted octanol–water partition coefficient (Wildman–Crippen LogP) is 3.21. The van der Waals surface area contributed by atoms with Gasteiger partial charge in [0.25, 0.3) is 0 Å². The van der Waals surface area contributed by atoms with Crippen LogP contribution in [0, 0.1) is 0 Å². The standard InChI is InChI=1S/C13H14F3NO/c1-2-17-11(5-6-18)8-9-7-10(13(14,15)16)3-4-12(9)17/h3-4,7-8,18H,2,5-6H2,1H3. The maximum absolute atomic E-state index is 12.6. The van der Waals surface area contributed by atoms with Crippen molar-refractivity contribution in [2.75, 3.05) is 6.61 Å². The number of aliphatic hydroxyl groups excluding tert-OH is 1. The highest BCUT2D eigenvalue weighted by Crippen LogP contribution is 2.32. The molecule has 98 valence electrons. The van der Waals surface area contributed by atoms with E-state index in [1.165, 1.54) is 6.07 Å². The van der Waals surface area contributed by atoms with Crippen LogP contribution in [-0.2, 0) is 19.1 Å². The van der Waals surface area contributed by atoms with E-state index >= 15 is 0 Å². The van der Waals surface area contributed by atoms with Gasteiger partial charge in [-0.3, -0.25) is 0 Å². The first-order valence-corrected chi connectivity index (χ1v) is 5.77. The minimum Gasteiger partial charge on any atom is -0.396 e. The van der Waals surface area contributed by atoms with Crippen LogP contribution in [0.4, 0.5) is 13.2 Å². The molecule has 0 atom stereocenters. The second-order valence-corrected chi connectivity index (χ2v) is 4.12. The molecule has 0 saturated carbocycles. The van der Waals surface area contributed by atoms with E-state index in [1.54, 1.807) is 6.07 Å². The largest absolute Gasteiger partial charge is 0.416 e. The number of rotatable bonds is 3. The van der Waals surface area contributed by atoms with Crippen molar-refractivity contribution in [3.63, 3.8) is 0 Å². The van der Waals surface area contributed by atoms with E-state index in [-0.39, 0.29) is 6.61 Å². The molecule has 0 aliphatic carbocycles. The summed E-state index contributed by atoms with van der Waals surface area (Å²) in [7, 11) is 0. The van der Waals surface area contributed by atoms with Gasteiger partial charge in [-0.1, -0.05) is 0 Å². The molecule has 2 rings (SSSR count). The van der Waals surface area contributed by atoms with Gasteiger partial charge < -0.3 is 9.67 Å².